The molecule has 2 aromatic heterocycles. The van der Waals surface area contributed by atoms with Crippen LogP contribution in [0.1, 0.15) is 34.1 Å². The highest BCUT2D eigenvalue weighted by atomic mass is 16.1. The maximum atomic E-state index is 11.8. The number of carbonyl (C=O) groups is 1. The smallest absolute Gasteiger partial charge is 0.271 e. The van der Waals surface area contributed by atoms with Gasteiger partial charge in [-0.1, -0.05) is 0 Å². The van der Waals surface area contributed by atoms with Crippen LogP contribution in [0.25, 0.3) is 0 Å². The van der Waals surface area contributed by atoms with E-state index in [1.807, 2.05) is 23.9 Å². The van der Waals surface area contributed by atoms with Gasteiger partial charge < -0.3 is 10.3 Å². The lowest BCUT2D eigenvalue weighted by molar-refractivity contribution is 0.0951. The largest absolute Gasteiger partial charge is 0.351 e. The molecule has 2 aromatic rings. The maximum absolute atomic E-state index is 11.8. The van der Waals surface area contributed by atoms with Gasteiger partial charge in [-0.2, -0.15) is 5.10 Å². The average molecular weight is 259 g/mol. The highest BCUT2D eigenvalue weighted by Crippen LogP contribution is 2.12. The molecule has 0 unspecified atom stereocenters. The molecule has 1 amide bonds. The molecule has 1 aliphatic heterocycles. The summed E-state index contributed by atoms with van der Waals surface area (Å²) in [4.78, 5) is 19.5. The molecule has 1 aliphatic rings. The zero-order chi connectivity index (χ0) is 13.2. The first-order valence-corrected chi connectivity index (χ1v) is 6.58. The van der Waals surface area contributed by atoms with Crippen molar-refractivity contribution in [1.82, 2.24) is 25.1 Å². The van der Waals surface area contributed by atoms with Gasteiger partial charge >= 0.3 is 0 Å². The van der Waals surface area contributed by atoms with E-state index in [1.54, 1.807) is 0 Å². The average Bonchev–Trinajstić information content (AvgIpc) is 2.95. The molecule has 0 spiro atoms. The Morgan fingerprint density at radius 2 is 2.37 bits per heavy atom. The van der Waals surface area contributed by atoms with E-state index in [4.69, 9.17) is 0 Å². The summed E-state index contributed by atoms with van der Waals surface area (Å²) in [7, 11) is 0. The lowest BCUT2D eigenvalue weighted by Crippen LogP contribution is -2.23. The monoisotopic (exact) mass is 259 g/mol. The Kier molecular flexibility index (Phi) is 3.06. The Labute approximate surface area is 111 Å². The number of aryl methyl sites for hydroxylation is 4. The van der Waals surface area contributed by atoms with Gasteiger partial charge in [-0.25, -0.2) is 4.98 Å². The summed E-state index contributed by atoms with van der Waals surface area (Å²) in [5.74, 6) is 0.792. The van der Waals surface area contributed by atoms with Crippen molar-refractivity contribution in [2.75, 3.05) is 6.54 Å². The molecular formula is C13H17N5O. The molecule has 0 aromatic carbocycles. The molecule has 0 bridgehead atoms. The fourth-order valence-electron chi connectivity index (χ4n) is 2.31. The van der Waals surface area contributed by atoms with Crippen LogP contribution in [0, 0.1) is 6.92 Å². The standard InChI is InChI=1S/C13H17N5O/c1-9-4-7-18(17-9)8-5-11-15-10-3-2-6-14-13(19)12(10)16-11/h4,7H,2-3,5-6,8H2,1H3,(H,14,19)(H,15,16). The van der Waals surface area contributed by atoms with Crippen molar-refractivity contribution in [2.45, 2.75) is 32.7 Å². The van der Waals surface area contributed by atoms with Crippen molar-refractivity contribution >= 4 is 5.91 Å². The highest BCUT2D eigenvalue weighted by molar-refractivity contribution is 5.93. The van der Waals surface area contributed by atoms with Gasteiger partial charge in [0.1, 0.15) is 11.5 Å². The van der Waals surface area contributed by atoms with Gasteiger partial charge in [-0.3, -0.25) is 9.48 Å². The minimum Gasteiger partial charge on any atom is -0.351 e. The molecule has 3 rings (SSSR count). The topological polar surface area (TPSA) is 75.6 Å². The van der Waals surface area contributed by atoms with Gasteiger partial charge in [0, 0.05) is 31.4 Å². The molecule has 19 heavy (non-hydrogen) atoms. The summed E-state index contributed by atoms with van der Waals surface area (Å²) in [6, 6.07) is 1.98. The minimum absolute atomic E-state index is 0.0649. The Balaban J connectivity index is 1.72. The highest BCUT2D eigenvalue weighted by Gasteiger charge is 2.19. The van der Waals surface area contributed by atoms with Crippen molar-refractivity contribution < 1.29 is 4.79 Å². The van der Waals surface area contributed by atoms with Gasteiger partial charge in [-0.05, 0) is 25.8 Å². The predicted molar refractivity (Wildman–Crippen MR) is 69.9 cm³/mol. The molecule has 6 heteroatoms. The van der Waals surface area contributed by atoms with Crippen LogP contribution in [-0.4, -0.2) is 32.2 Å². The predicted octanol–water partition coefficient (Wildman–Crippen LogP) is 0.833. The zero-order valence-electron chi connectivity index (χ0n) is 10.9. The Bertz CT molecular complexity index is 598. The van der Waals surface area contributed by atoms with E-state index in [2.05, 4.69) is 20.4 Å². The number of fused-ring (bicyclic) bond motifs is 1. The molecule has 2 N–H and O–H groups in total. The van der Waals surface area contributed by atoms with Gasteiger partial charge in [0.05, 0.1) is 5.69 Å². The molecular weight excluding hydrogens is 242 g/mol. The summed E-state index contributed by atoms with van der Waals surface area (Å²) in [6.45, 7) is 3.46. The number of amides is 1. The van der Waals surface area contributed by atoms with Crippen molar-refractivity contribution in [1.29, 1.82) is 0 Å². The van der Waals surface area contributed by atoms with Gasteiger partial charge in [0.15, 0.2) is 0 Å². The van der Waals surface area contributed by atoms with Gasteiger partial charge in [0.2, 0.25) is 0 Å². The van der Waals surface area contributed by atoms with Crippen LogP contribution in [0.4, 0.5) is 0 Å². The number of nitrogens with zero attached hydrogens (tertiary/aromatic N) is 3. The third-order valence-corrected chi connectivity index (χ3v) is 3.28. The van der Waals surface area contributed by atoms with Crippen LogP contribution >= 0.6 is 0 Å². The van der Waals surface area contributed by atoms with Crippen LogP contribution in [-0.2, 0) is 19.4 Å². The van der Waals surface area contributed by atoms with Crippen LogP contribution in [0.5, 0.6) is 0 Å². The fourth-order valence-corrected chi connectivity index (χ4v) is 2.31. The molecule has 0 aliphatic carbocycles. The Hall–Kier alpha value is -2.11. The van der Waals surface area contributed by atoms with Crippen molar-refractivity contribution in [2.24, 2.45) is 0 Å². The second-order valence-electron chi connectivity index (χ2n) is 4.84. The number of imidazole rings is 1. The quantitative estimate of drug-likeness (QED) is 0.857. The number of nitrogens with one attached hydrogen (secondary N) is 2. The number of rotatable bonds is 3. The molecule has 0 fully saturated rings. The van der Waals surface area contributed by atoms with Gasteiger partial charge in [-0.15, -0.1) is 0 Å². The summed E-state index contributed by atoms with van der Waals surface area (Å²) < 4.78 is 1.89. The van der Waals surface area contributed by atoms with Crippen LogP contribution in [0.2, 0.25) is 0 Å². The molecule has 0 atom stereocenters. The van der Waals surface area contributed by atoms with E-state index in [-0.39, 0.29) is 5.91 Å². The van der Waals surface area contributed by atoms with E-state index in [0.29, 0.717) is 5.69 Å². The third kappa shape index (κ3) is 2.52. The van der Waals surface area contributed by atoms with E-state index < -0.39 is 0 Å². The summed E-state index contributed by atoms with van der Waals surface area (Å²) >= 11 is 0. The third-order valence-electron chi connectivity index (χ3n) is 3.28. The first kappa shape index (κ1) is 12.0. The fraction of sp³-hybridized carbons (Fsp3) is 0.462. The van der Waals surface area contributed by atoms with Crippen molar-refractivity contribution in [3.05, 3.63) is 35.2 Å². The normalized spacial score (nSPS) is 14.9. The lowest BCUT2D eigenvalue weighted by Gasteiger charge is -1.99. The van der Waals surface area contributed by atoms with Crippen LogP contribution in [0.15, 0.2) is 12.3 Å². The second kappa shape index (κ2) is 4.87. The number of hydrogen-bond acceptors (Lipinski definition) is 3. The van der Waals surface area contributed by atoms with Crippen molar-refractivity contribution in [3.8, 4) is 0 Å². The molecule has 100 valence electrons. The Morgan fingerprint density at radius 1 is 1.47 bits per heavy atom. The molecule has 0 saturated carbocycles. The molecule has 6 nitrogen and oxygen atoms in total. The SMILES string of the molecule is Cc1ccn(CCc2nc3c([nH]2)CCCNC3=O)n1. The number of aromatic amines is 1. The Morgan fingerprint density at radius 3 is 3.16 bits per heavy atom. The first-order chi connectivity index (χ1) is 9.22. The van der Waals surface area contributed by atoms with Crippen molar-refractivity contribution in [3.63, 3.8) is 0 Å². The maximum Gasteiger partial charge on any atom is 0.271 e. The zero-order valence-corrected chi connectivity index (χ0v) is 10.9. The van der Waals surface area contributed by atoms with Gasteiger partial charge in [0.25, 0.3) is 5.91 Å². The second-order valence-corrected chi connectivity index (χ2v) is 4.84. The van der Waals surface area contributed by atoms with E-state index in [9.17, 15) is 4.79 Å². The van der Waals surface area contributed by atoms with E-state index in [0.717, 1.165) is 49.6 Å². The number of hydrogen-bond donors (Lipinski definition) is 2. The van der Waals surface area contributed by atoms with Crippen LogP contribution in [0.3, 0.4) is 0 Å². The number of H-pyrrole nitrogens is 1. The lowest BCUT2D eigenvalue weighted by atomic mass is 10.2. The van der Waals surface area contributed by atoms with E-state index >= 15 is 0 Å². The molecule has 0 saturated heterocycles. The molecule has 3 heterocycles. The first-order valence-electron chi connectivity index (χ1n) is 6.58. The summed E-state index contributed by atoms with van der Waals surface area (Å²) in [5.41, 5.74) is 2.53. The minimum atomic E-state index is -0.0649. The number of carbonyl (C=O) groups excluding carboxylic acids is 1. The van der Waals surface area contributed by atoms with Crippen LogP contribution < -0.4 is 5.32 Å². The number of aromatic nitrogens is 4. The molecule has 0 radical (unpaired) electrons. The summed E-state index contributed by atoms with van der Waals surface area (Å²) in [6.07, 6.45) is 4.54. The van der Waals surface area contributed by atoms with E-state index in [1.165, 1.54) is 0 Å². The summed E-state index contributed by atoms with van der Waals surface area (Å²) in [5, 5.41) is 7.19.